The molecule has 0 aromatic carbocycles. The SMILES string of the molecule is COc1cc(N2CCc3[nH]ncc3C2)nc(N)n1. The van der Waals surface area contributed by atoms with Gasteiger partial charge in [-0.15, -0.1) is 0 Å². The van der Waals surface area contributed by atoms with E-state index < -0.39 is 0 Å². The molecule has 1 aliphatic heterocycles. The first-order chi connectivity index (χ1) is 8.76. The zero-order chi connectivity index (χ0) is 12.5. The number of nitrogen functional groups attached to an aromatic ring is 1. The molecule has 94 valence electrons. The van der Waals surface area contributed by atoms with Crippen LogP contribution < -0.4 is 15.4 Å². The fourth-order valence-corrected chi connectivity index (χ4v) is 2.11. The second-order valence-electron chi connectivity index (χ2n) is 4.17. The van der Waals surface area contributed by atoms with Crippen molar-refractivity contribution in [3.8, 4) is 5.88 Å². The van der Waals surface area contributed by atoms with Gasteiger partial charge in [0, 0.05) is 36.8 Å². The molecule has 2 aromatic heterocycles. The lowest BCUT2D eigenvalue weighted by Gasteiger charge is -2.27. The zero-order valence-corrected chi connectivity index (χ0v) is 10.1. The summed E-state index contributed by atoms with van der Waals surface area (Å²) in [4.78, 5) is 10.4. The molecule has 0 bridgehead atoms. The summed E-state index contributed by atoms with van der Waals surface area (Å²) < 4.78 is 5.10. The van der Waals surface area contributed by atoms with E-state index in [1.807, 2.05) is 6.20 Å². The number of nitrogens with zero attached hydrogens (tertiary/aromatic N) is 4. The van der Waals surface area contributed by atoms with Gasteiger partial charge < -0.3 is 15.4 Å². The Kier molecular flexibility index (Phi) is 2.51. The van der Waals surface area contributed by atoms with Gasteiger partial charge in [0.2, 0.25) is 11.8 Å². The summed E-state index contributed by atoms with van der Waals surface area (Å²) in [6.07, 6.45) is 2.77. The van der Waals surface area contributed by atoms with Gasteiger partial charge in [0.05, 0.1) is 13.3 Å². The average molecular weight is 246 g/mol. The number of H-pyrrole nitrogens is 1. The molecule has 7 nitrogen and oxygen atoms in total. The summed E-state index contributed by atoms with van der Waals surface area (Å²) in [6, 6.07) is 1.79. The van der Waals surface area contributed by atoms with E-state index in [1.54, 1.807) is 13.2 Å². The third-order valence-electron chi connectivity index (χ3n) is 3.04. The Morgan fingerprint density at radius 2 is 2.33 bits per heavy atom. The number of hydrogen-bond donors (Lipinski definition) is 2. The van der Waals surface area contributed by atoms with Crippen molar-refractivity contribution in [1.82, 2.24) is 20.2 Å². The maximum absolute atomic E-state index is 5.67. The minimum Gasteiger partial charge on any atom is -0.481 e. The van der Waals surface area contributed by atoms with E-state index >= 15 is 0 Å². The van der Waals surface area contributed by atoms with E-state index in [0.717, 1.165) is 25.3 Å². The van der Waals surface area contributed by atoms with Crippen LogP contribution in [0, 0.1) is 0 Å². The molecule has 2 aromatic rings. The summed E-state index contributed by atoms with van der Waals surface area (Å²) in [6.45, 7) is 1.64. The van der Waals surface area contributed by atoms with Crippen molar-refractivity contribution in [3.63, 3.8) is 0 Å². The van der Waals surface area contributed by atoms with Gasteiger partial charge >= 0.3 is 0 Å². The van der Waals surface area contributed by atoms with Gasteiger partial charge in [0.1, 0.15) is 5.82 Å². The van der Waals surface area contributed by atoms with Gasteiger partial charge in [-0.3, -0.25) is 5.10 Å². The van der Waals surface area contributed by atoms with E-state index in [9.17, 15) is 0 Å². The lowest BCUT2D eigenvalue weighted by Crippen LogP contribution is -2.30. The van der Waals surface area contributed by atoms with Crippen LogP contribution in [0.2, 0.25) is 0 Å². The largest absolute Gasteiger partial charge is 0.481 e. The fraction of sp³-hybridized carbons (Fsp3) is 0.364. The number of rotatable bonds is 2. The molecule has 0 saturated heterocycles. The summed E-state index contributed by atoms with van der Waals surface area (Å²) in [5, 5.41) is 7.05. The van der Waals surface area contributed by atoms with Crippen LogP contribution in [0.25, 0.3) is 0 Å². The molecule has 0 fully saturated rings. The highest BCUT2D eigenvalue weighted by atomic mass is 16.5. The topological polar surface area (TPSA) is 93.0 Å². The molecule has 1 aliphatic rings. The predicted molar refractivity (Wildman–Crippen MR) is 66.3 cm³/mol. The third kappa shape index (κ3) is 1.83. The molecule has 0 atom stereocenters. The molecule has 0 amide bonds. The van der Waals surface area contributed by atoms with Crippen LogP contribution in [-0.4, -0.2) is 33.8 Å². The predicted octanol–water partition coefficient (Wildman–Crippen LogP) is 0.353. The van der Waals surface area contributed by atoms with Crippen molar-refractivity contribution >= 4 is 11.8 Å². The number of fused-ring (bicyclic) bond motifs is 1. The highest BCUT2D eigenvalue weighted by Gasteiger charge is 2.19. The maximum Gasteiger partial charge on any atom is 0.225 e. The van der Waals surface area contributed by atoms with Gasteiger partial charge in [-0.25, -0.2) is 0 Å². The summed E-state index contributed by atoms with van der Waals surface area (Å²) in [7, 11) is 1.57. The Hall–Kier alpha value is -2.31. The van der Waals surface area contributed by atoms with Gasteiger partial charge in [0.15, 0.2) is 0 Å². The number of anilines is 2. The second kappa shape index (κ2) is 4.17. The first-order valence-corrected chi connectivity index (χ1v) is 5.71. The van der Waals surface area contributed by atoms with E-state index in [0.29, 0.717) is 5.88 Å². The number of methoxy groups -OCH3 is 1. The van der Waals surface area contributed by atoms with E-state index in [2.05, 4.69) is 25.1 Å². The van der Waals surface area contributed by atoms with Crippen LogP contribution in [-0.2, 0) is 13.0 Å². The molecule has 0 radical (unpaired) electrons. The van der Waals surface area contributed by atoms with Crippen LogP contribution in [0.15, 0.2) is 12.3 Å². The van der Waals surface area contributed by atoms with Crippen LogP contribution in [0.4, 0.5) is 11.8 Å². The number of aromatic nitrogens is 4. The first-order valence-electron chi connectivity index (χ1n) is 5.71. The van der Waals surface area contributed by atoms with E-state index in [-0.39, 0.29) is 5.95 Å². The highest BCUT2D eigenvalue weighted by molar-refractivity contribution is 5.47. The van der Waals surface area contributed by atoms with Crippen LogP contribution in [0.1, 0.15) is 11.3 Å². The lowest BCUT2D eigenvalue weighted by molar-refractivity contribution is 0.397. The third-order valence-corrected chi connectivity index (χ3v) is 3.04. The molecule has 0 unspecified atom stereocenters. The number of aromatic amines is 1. The fourth-order valence-electron chi connectivity index (χ4n) is 2.11. The minimum absolute atomic E-state index is 0.224. The van der Waals surface area contributed by atoms with Gasteiger partial charge in [-0.05, 0) is 0 Å². The van der Waals surface area contributed by atoms with E-state index in [1.165, 1.54) is 11.3 Å². The minimum atomic E-state index is 0.224. The monoisotopic (exact) mass is 246 g/mol. The normalized spacial score (nSPS) is 14.4. The van der Waals surface area contributed by atoms with Crippen LogP contribution in [0.5, 0.6) is 5.88 Å². The van der Waals surface area contributed by atoms with Crippen molar-refractivity contribution in [3.05, 3.63) is 23.5 Å². The quantitative estimate of drug-likeness (QED) is 0.794. The number of ether oxygens (including phenoxy) is 1. The van der Waals surface area contributed by atoms with Crippen molar-refractivity contribution in [2.24, 2.45) is 0 Å². The lowest BCUT2D eigenvalue weighted by atomic mass is 10.1. The van der Waals surface area contributed by atoms with Crippen molar-refractivity contribution < 1.29 is 4.74 Å². The second-order valence-corrected chi connectivity index (χ2v) is 4.17. The molecular weight excluding hydrogens is 232 g/mol. The molecule has 3 rings (SSSR count). The smallest absolute Gasteiger partial charge is 0.225 e. The molecule has 0 spiro atoms. The Morgan fingerprint density at radius 3 is 3.17 bits per heavy atom. The molecule has 7 heteroatoms. The molecule has 3 N–H and O–H groups in total. The zero-order valence-electron chi connectivity index (χ0n) is 10.1. The van der Waals surface area contributed by atoms with Gasteiger partial charge in [0.25, 0.3) is 0 Å². The molecule has 0 aliphatic carbocycles. The van der Waals surface area contributed by atoms with E-state index in [4.69, 9.17) is 10.5 Å². The average Bonchev–Trinajstić information content (AvgIpc) is 2.85. The Labute approximate surface area is 104 Å². The standard InChI is InChI=1S/C11H14N6O/c1-18-10-4-9(14-11(12)15-10)17-3-2-8-7(6-17)5-13-16-8/h4-5H,2-3,6H2,1H3,(H,13,16)(H2,12,14,15). The maximum atomic E-state index is 5.67. The summed E-state index contributed by atoms with van der Waals surface area (Å²) in [5.41, 5.74) is 8.06. The van der Waals surface area contributed by atoms with Gasteiger partial charge in [-0.2, -0.15) is 15.1 Å². The highest BCUT2D eigenvalue weighted by Crippen LogP contribution is 2.24. The number of nitrogens with one attached hydrogen (secondary N) is 1. The van der Waals surface area contributed by atoms with Crippen LogP contribution in [0.3, 0.4) is 0 Å². The molecule has 0 saturated carbocycles. The summed E-state index contributed by atoms with van der Waals surface area (Å²) >= 11 is 0. The van der Waals surface area contributed by atoms with Gasteiger partial charge in [-0.1, -0.05) is 0 Å². The van der Waals surface area contributed by atoms with Crippen molar-refractivity contribution in [2.45, 2.75) is 13.0 Å². The Balaban J connectivity index is 1.90. The Bertz CT molecular complexity index is 566. The first kappa shape index (κ1) is 10.8. The molecular formula is C11H14N6O. The Morgan fingerprint density at radius 1 is 1.44 bits per heavy atom. The molecule has 3 heterocycles. The molecule has 18 heavy (non-hydrogen) atoms. The van der Waals surface area contributed by atoms with Crippen molar-refractivity contribution in [2.75, 3.05) is 24.3 Å². The van der Waals surface area contributed by atoms with Crippen molar-refractivity contribution in [1.29, 1.82) is 0 Å². The summed E-state index contributed by atoms with van der Waals surface area (Å²) in [5.74, 6) is 1.49. The number of nitrogens with two attached hydrogens (primary N) is 1. The van der Waals surface area contributed by atoms with Crippen LogP contribution >= 0.6 is 0 Å². The number of hydrogen-bond acceptors (Lipinski definition) is 6.